The number of hydrogen-bond acceptors (Lipinski definition) is 6. The van der Waals surface area contributed by atoms with Crippen LogP contribution in [-0.4, -0.2) is 66.5 Å². The summed E-state index contributed by atoms with van der Waals surface area (Å²) in [5.74, 6) is 0.933. The van der Waals surface area contributed by atoms with Crippen LogP contribution >= 0.6 is 0 Å². The predicted octanol–water partition coefficient (Wildman–Crippen LogP) is 4.22. The van der Waals surface area contributed by atoms with Crippen molar-refractivity contribution in [3.63, 3.8) is 0 Å². The predicted molar refractivity (Wildman–Crippen MR) is 147 cm³/mol. The van der Waals surface area contributed by atoms with Crippen molar-refractivity contribution < 1.29 is 55.6 Å². The average molecular weight is 768 g/mol. The summed E-state index contributed by atoms with van der Waals surface area (Å²) in [5.41, 5.74) is 5.22. The molecule has 0 bridgehead atoms. The molecule has 9 heteroatoms. The number of anilines is 1. The number of pyridine rings is 1. The van der Waals surface area contributed by atoms with E-state index in [1.54, 1.807) is 12.1 Å². The molecule has 6 rings (SSSR count). The third-order valence-electron chi connectivity index (χ3n) is 8.37. The molecule has 1 aromatic carbocycles. The first-order valence-electron chi connectivity index (χ1n) is 14.1. The molecule has 2 unspecified atom stereocenters. The molecule has 1 aliphatic carbocycles. The van der Waals surface area contributed by atoms with Crippen LogP contribution in [0.5, 0.6) is 0 Å². The number of fused-ring (bicyclic) bond motifs is 1. The number of unbranched alkanes of at least 4 members (excludes halogenated alkanes) is 1. The maximum absolute atomic E-state index is 14.1. The van der Waals surface area contributed by atoms with Crippen LogP contribution in [0.4, 0.5) is 10.2 Å². The number of likely N-dealkylation sites (tertiary alicyclic amines) is 1. The van der Waals surface area contributed by atoms with Gasteiger partial charge in [0.2, 0.25) is 0 Å². The fraction of sp³-hybridized carbons (Fsp3) is 0.633. The summed E-state index contributed by atoms with van der Waals surface area (Å²) >= 11 is 0. The fourth-order valence-electron chi connectivity index (χ4n) is 6.02. The van der Waals surface area contributed by atoms with E-state index in [1.165, 1.54) is 36.1 Å². The zero-order valence-electron chi connectivity index (χ0n) is 23.2. The summed E-state index contributed by atoms with van der Waals surface area (Å²) < 4.78 is 26.5. The molecule has 4 aliphatic rings. The van der Waals surface area contributed by atoms with Crippen molar-refractivity contribution in [3.8, 4) is 0 Å². The monoisotopic (exact) mass is 767 g/mol. The maximum atomic E-state index is 14.1. The van der Waals surface area contributed by atoms with Crippen molar-refractivity contribution in [1.82, 2.24) is 9.88 Å². The Morgan fingerprint density at radius 1 is 1.21 bits per heavy atom. The van der Waals surface area contributed by atoms with E-state index in [9.17, 15) is 4.39 Å². The average Bonchev–Trinajstić information content (AvgIpc) is 3.32. The summed E-state index contributed by atoms with van der Waals surface area (Å²) in [7, 11) is 1.00. The molecule has 0 radical (unpaired) electrons. The van der Waals surface area contributed by atoms with Gasteiger partial charge in [0.1, 0.15) is 11.6 Å². The summed E-state index contributed by atoms with van der Waals surface area (Å²) in [6.07, 6.45) is 10.6. The van der Waals surface area contributed by atoms with Crippen LogP contribution in [0.15, 0.2) is 30.3 Å². The number of nitrogens with zero attached hydrogens (tertiary/aromatic N) is 2. The summed E-state index contributed by atoms with van der Waals surface area (Å²) in [4.78, 5) is 7.21. The van der Waals surface area contributed by atoms with E-state index in [0.717, 1.165) is 96.4 Å². The van der Waals surface area contributed by atoms with Gasteiger partial charge in [-0.05, 0) is 98.1 Å². The van der Waals surface area contributed by atoms with Crippen molar-refractivity contribution in [3.05, 3.63) is 58.5 Å². The molecule has 1 spiro atoms. The Kier molecular flexibility index (Phi) is 12.7. The molecular formula is C30H44FN3O4U. The number of aromatic nitrogens is 1. The van der Waals surface area contributed by atoms with Crippen LogP contribution in [0, 0.1) is 42.3 Å². The van der Waals surface area contributed by atoms with Crippen molar-refractivity contribution >= 4 is 5.82 Å². The first-order chi connectivity index (χ1) is 18.2. The number of aliphatic hydroxyl groups excluding tert-OH is 1. The molecule has 0 amide bonds. The molecule has 1 aromatic heterocycles. The Hall–Kier alpha value is -1.05. The normalized spacial score (nSPS) is 22.6. The zero-order valence-corrected chi connectivity index (χ0v) is 27.3. The molecule has 2 aromatic rings. The third kappa shape index (κ3) is 8.48. The second kappa shape index (κ2) is 15.3. The van der Waals surface area contributed by atoms with Gasteiger partial charge in [0.25, 0.3) is 0 Å². The van der Waals surface area contributed by atoms with Crippen LogP contribution in [0.2, 0.25) is 0 Å². The smallest absolute Gasteiger partial charge is 0.129 e. The van der Waals surface area contributed by atoms with Crippen molar-refractivity contribution in [2.24, 2.45) is 5.41 Å². The van der Waals surface area contributed by atoms with Gasteiger partial charge in [-0.15, -0.1) is 0 Å². The van der Waals surface area contributed by atoms with E-state index in [1.807, 2.05) is 6.07 Å². The van der Waals surface area contributed by atoms with Gasteiger partial charge in [-0.25, -0.2) is 9.37 Å². The third-order valence-corrected chi connectivity index (χ3v) is 8.37. The number of benzene rings is 1. The van der Waals surface area contributed by atoms with Gasteiger partial charge in [-0.2, -0.15) is 0 Å². The molecule has 2 saturated heterocycles. The minimum atomic E-state index is -0.154. The SMILES string of the molecule is CO.Fc1ccc(C2CC3(CC3)CO2)c(CN2CCC(OCCCCc3ccc4c(n3)NCCC4)C2)c1.O.[U]. The Bertz CT molecular complexity index is 1050. The van der Waals surface area contributed by atoms with Crippen LogP contribution in [0.3, 0.4) is 0 Å². The molecule has 39 heavy (non-hydrogen) atoms. The van der Waals surface area contributed by atoms with E-state index >= 15 is 0 Å². The van der Waals surface area contributed by atoms with Crippen molar-refractivity contribution in [2.45, 2.75) is 76.5 Å². The van der Waals surface area contributed by atoms with Gasteiger partial charge in [0.05, 0.1) is 18.8 Å². The first-order valence-corrected chi connectivity index (χ1v) is 14.1. The van der Waals surface area contributed by atoms with E-state index in [0.29, 0.717) is 5.41 Å². The fourth-order valence-corrected chi connectivity index (χ4v) is 6.02. The number of rotatable bonds is 9. The Morgan fingerprint density at radius 2 is 2.05 bits per heavy atom. The Morgan fingerprint density at radius 3 is 2.85 bits per heavy atom. The number of nitrogens with one attached hydrogen (secondary N) is 1. The Labute approximate surface area is 255 Å². The largest absolute Gasteiger partial charge is 0.412 e. The minimum absolute atomic E-state index is 0. The van der Waals surface area contributed by atoms with Gasteiger partial charge >= 0.3 is 0 Å². The van der Waals surface area contributed by atoms with Crippen LogP contribution in [0.25, 0.3) is 0 Å². The van der Waals surface area contributed by atoms with Gasteiger partial charge in [0.15, 0.2) is 0 Å². The van der Waals surface area contributed by atoms with E-state index < -0.39 is 0 Å². The molecule has 3 fully saturated rings. The van der Waals surface area contributed by atoms with Crippen molar-refractivity contribution in [2.75, 3.05) is 45.3 Å². The van der Waals surface area contributed by atoms with E-state index in [2.05, 4.69) is 22.3 Å². The van der Waals surface area contributed by atoms with Gasteiger partial charge < -0.3 is 25.4 Å². The number of aliphatic hydroxyl groups is 1. The van der Waals surface area contributed by atoms with Crippen molar-refractivity contribution in [1.29, 1.82) is 0 Å². The molecule has 4 N–H and O–H groups in total. The summed E-state index contributed by atoms with van der Waals surface area (Å²) in [5, 5.41) is 10.4. The quantitative estimate of drug-likeness (QED) is 0.372. The molecule has 7 nitrogen and oxygen atoms in total. The number of hydrogen-bond donors (Lipinski definition) is 2. The van der Waals surface area contributed by atoms with E-state index in [-0.39, 0.29) is 54.6 Å². The molecule has 4 heterocycles. The summed E-state index contributed by atoms with van der Waals surface area (Å²) in [6.45, 7) is 5.40. The minimum Gasteiger partial charge on any atom is -0.412 e. The first kappa shape index (κ1) is 32.5. The number of aryl methyl sites for hydroxylation is 2. The van der Waals surface area contributed by atoms with E-state index in [4.69, 9.17) is 19.6 Å². The molecule has 1 saturated carbocycles. The Balaban J connectivity index is 0.00000103. The topological polar surface area (TPSA) is 98.4 Å². The summed E-state index contributed by atoms with van der Waals surface area (Å²) in [6, 6.07) is 9.68. The second-order valence-corrected chi connectivity index (χ2v) is 11.2. The second-order valence-electron chi connectivity index (χ2n) is 11.2. The standard InChI is InChI=1S/C29H38FN3O2.CH4O.H2O.U/c30-23-7-9-26(27-17-29(11-12-29)20-35-27)22(16-23)18-33-14-10-25(19-33)34-15-2-1-5-24-8-6-21-4-3-13-31-28(21)32-24;1-2;;/h6-9,16,25,27H,1-5,10-15,17-20H2,(H,31,32);2H,1H3;1H2;. The van der Waals surface area contributed by atoms with Crippen LogP contribution < -0.4 is 5.32 Å². The number of ether oxygens (including phenoxy) is 2. The van der Waals surface area contributed by atoms with Gasteiger partial charge in [-0.1, -0.05) is 12.1 Å². The van der Waals surface area contributed by atoms with Crippen LogP contribution in [0.1, 0.15) is 73.4 Å². The molecular weight excluding hydrogens is 723 g/mol. The van der Waals surface area contributed by atoms with Gasteiger partial charge in [0, 0.05) is 76.7 Å². The zero-order chi connectivity index (χ0) is 25.7. The number of halogens is 1. The van der Waals surface area contributed by atoms with Gasteiger partial charge in [-0.3, -0.25) is 4.90 Å². The maximum Gasteiger partial charge on any atom is 0.129 e. The molecule has 2 atom stereocenters. The molecule has 3 aliphatic heterocycles. The van der Waals surface area contributed by atoms with Crippen LogP contribution in [-0.2, 0) is 28.9 Å². The molecule has 214 valence electrons.